The van der Waals surface area contributed by atoms with Gasteiger partial charge in [0.25, 0.3) is 0 Å². The number of rotatable bonds is 7. The lowest BCUT2D eigenvalue weighted by Crippen LogP contribution is -2.03. The predicted molar refractivity (Wildman–Crippen MR) is 118 cm³/mol. The van der Waals surface area contributed by atoms with Crippen LogP contribution >= 0.6 is 23.2 Å². The Labute approximate surface area is 180 Å². The Balaban J connectivity index is 1.74. The van der Waals surface area contributed by atoms with E-state index >= 15 is 0 Å². The van der Waals surface area contributed by atoms with Gasteiger partial charge in [-0.15, -0.1) is 0 Å². The molecule has 8 heteroatoms. The van der Waals surface area contributed by atoms with Gasteiger partial charge in [0.15, 0.2) is 0 Å². The highest BCUT2D eigenvalue weighted by Crippen LogP contribution is 2.40. The molecular formula is C21H22Cl2N4O2. The summed E-state index contributed by atoms with van der Waals surface area (Å²) in [7, 11) is 3.11. The number of nitrogens with two attached hydrogens (primary N) is 1. The van der Waals surface area contributed by atoms with E-state index in [1.54, 1.807) is 32.7 Å². The van der Waals surface area contributed by atoms with Crippen LogP contribution in [0, 0.1) is 6.92 Å². The quantitative estimate of drug-likeness (QED) is 0.497. The summed E-state index contributed by atoms with van der Waals surface area (Å²) in [6.07, 6.45) is 4.78. The summed E-state index contributed by atoms with van der Waals surface area (Å²) >= 11 is 12.9. The lowest BCUT2D eigenvalue weighted by atomic mass is 10.1. The molecule has 6 nitrogen and oxygen atoms in total. The van der Waals surface area contributed by atoms with E-state index in [4.69, 9.17) is 38.4 Å². The van der Waals surface area contributed by atoms with Crippen molar-refractivity contribution < 1.29 is 9.47 Å². The largest absolute Gasteiger partial charge is 0.495 e. The lowest BCUT2D eigenvalue weighted by molar-refractivity contribution is 0.393. The zero-order valence-electron chi connectivity index (χ0n) is 16.4. The third-order valence-electron chi connectivity index (χ3n) is 4.58. The Morgan fingerprint density at radius 2 is 1.62 bits per heavy atom. The molecule has 3 aromatic rings. The molecule has 0 unspecified atom stereocenters. The van der Waals surface area contributed by atoms with E-state index in [0.717, 1.165) is 22.4 Å². The van der Waals surface area contributed by atoms with Gasteiger partial charge in [-0.2, -0.15) is 0 Å². The second kappa shape index (κ2) is 9.20. The molecule has 0 amide bonds. The van der Waals surface area contributed by atoms with Crippen LogP contribution in [0.25, 0.3) is 0 Å². The normalized spacial score (nSPS) is 10.7. The molecule has 2 aromatic carbocycles. The molecule has 0 aliphatic carbocycles. The van der Waals surface area contributed by atoms with Crippen LogP contribution in [0.5, 0.6) is 11.5 Å². The Morgan fingerprint density at radius 3 is 2.17 bits per heavy atom. The van der Waals surface area contributed by atoms with E-state index in [1.807, 2.05) is 25.1 Å². The number of methoxy groups -OCH3 is 2. The number of aryl methyl sites for hydroxylation is 2. The Hall–Kier alpha value is -2.70. The van der Waals surface area contributed by atoms with Gasteiger partial charge in [-0.3, -0.25) is 0 Å². The van der Waals surface area contributed by atoms with Crippen molar-refractivity contribution in [2.45, 2.75) is 19.8 Å². The van der Waals surface area contributed by atoms with Crippen LogP contribution in [0.4, 0.5) is 17.3 Å². The Bertz CT molecular complexity index is 962. The number of anilines is 3. The van der Waals surface area contributed by atoms with Gasteiger partial charge in [-0.1, -0.05) is 35.3 Å². The zero-order valence-corrected chi connectivity index (χ0v) is 17.9. The van der Waals surface area contributed by atoms with Crippen molar-refractivity contribution in [2.24, 2.45) is 0 Å². The third-order valence-corrected chi connectivity index (χ3v) is 5.40. The van der Waals surface area contributed by atoms with E-state index in [2.05, 4.69) is 15.3 Å². The average molecular weight is 433 g/mol. The number of halogens is 2. The van der Waals surface area contributed by atoms with Crippen molar-refractivity contribution in [3.8, 4) is 11.5 Å². The lowest BCUT2D eigenvalue weighted by Gasteiger charge is -2.14. The first-order valence-corrected chi connectivity index (χ1v) is 9.72. The summed E-state index contributed by atoms with van der Waals surface area (Å²) in [6, 6.07) is 7.39. The molecule has 0 saturated carbocycles. The van der Waals surface area contributed by atoms with Crippen LogP contribution in [0.15, 0.2) is 36.7 Å². The molecule has 3 N–H and O–H groups in total. The molecule has 0 atom stereocenters. The van der Waals surface area contributed by atoms with Crippen LogP contribution in [0.2, 0.25) is 10.0 Å². The molecule has 152 valence electrons. The number of nitrogens with zero attached hydrogens (tertiary/aromatic N) is 2. The van der Waals surface area contributed by atoms with E-state index in [-0.39, 0.29) is 0 Å². The molecule has 1 aromatic heterocycles. The Kier molecular flexibility index (Phi) is 6.67. The van der Waals surface area contributed by atoms with Gasteiger partial charge in [0.2, 0.25) is 5.95 Å². The first-order chi connectivity index (χ1) is 13.9. The average Bonchev–Trinajstić information content (AvgIpc) is 2.72. The number of para-hydroxylation sites is 1. The van der Waals surface area contributed by atoms with Crippen molar-refractivity contribution in [1.29, 1.82) is 0 Å². The number of nitrogens with one attached hydrogen (secondary N) is 1. The van der Waals surface area contributed by atoms with Gasteiger partial charge in [-0.25, -0.2) is 9.97 Å². The molecular weight excluding hydrogens is 411 g/mol. The molecule has 0 saturated heterocycles. The maximum atomic E-state index is 6.44. The second-order valence-corrected chi connectivity index (χ2v) is 7.22. The summed E-state index contributed by atoms with van der Waals surface area (Å²) in [4.78, 5) is 8.78. The molecule has 0 radical (unpaired) electrons. The van der Waals surface area contributed by atoms with Crippen LogP contribution in [-0.2, 0) is 12.8 Å². The number of hydrogen-bond acceptors (Lipinski definition) is 6. The maximum Gasteiger partial charge on any atom is 0.227 e. The molecule has 1 heterocycles. The minimum Gasteiger partial charge on any atom is -0.495 e. The predicted octanol–water partition coefficient (Wildman–Crippen LogP) is 5.22. The summed E-state index contributed by atoms with van der Waals surface area (Å²) in [5.41, 5.74) is 10.2. The topological polar surface area (TPSA) is 82.3 Å². The van der Waals surface area contributed by atoms with Crippen LogP contribution in [-0.4, -0.2) is 24.2 Å². The van der Waals surface area contributed by atoms with Gasteiger partial charge >= 0.3 is 0 Å². The van der Waals surface area contributed by atoms with Crippen molar-refractivity contribution in [2.75, 3.05) is 25.3 Å². The number of aromatic nitrogens is 2. The first-order valence-electron chi connectivity index (χ1n) is 8.96. The Morgan fingerprint density at radius 1 is 1.00 bits per heavy atom. The number of nitrogen functional groups attached to an aromatic ring is 1. The maximum absolute atomic E-state index is 6.44. The van der Waals surface area contributed by atoms with Gasteiger partial charge in [0.05, 0.1) is 35.6 Å². The number of benzene rings is 2. The van der Waals surface area contributed by atoms with Gasteiger partial charge < -0.3 is 20.5 Å². The molecule has 0 bridgehead atoms. The number of ether oxygens (including phenoxy) is 2. The molecule has 0 aliphatic heterocycles. The van der Waals surface area contributed by atoms with Crippen molar-refractivity contribution in [1.82, 2.24) is 9.97 Å². The standard InChI is InChI=1S/C21H22Cl2N4O2/c1-12-5-4-6-15(24)20(12)27-21-25-10-13(11-26-21)7-8-14-18(22)16(28-2)9-17(29-3)19(14)23/h4-6,9-11H,7-8,24H2,1-3H3,(H,25,26,27). The smallest absolute Gasteiger partial charge is 0.227 e. The fourth-order valence-electron chi connectivity index (χ4n) is 2.95. The van der Waals surface area contributed by atoms with Crippen molar-refractivity contribution in [3.63, 3.8) is 0 Å². The second-order valence-electron chi connectivity index (χ2n) is 6.47. The van der Waals surface area contributed by atoms with Crippen molar-refractivity contribution in [3.05, 3.63) is 63.4 Å². The molecule has 0 aliphatic rings. The molecule has 29 heavy (non-hydrogen) atoms. The summed E-state index contributed by atoms with van der Waals surface area (Å²) < 4.78 is 10.6. The first kappa shape index (κ1) is 21.0. The summed E-state index contributed by atoms with van der Waals surface area (Å²) in [5.74, 6) is 1.53. The van der Waals surface area contributed by atoms with Gasteiger partial charge in [0, 0.05) is 18.5 Å². The molecule has 0 spiro atoms. The number of hydrogen-bond donors (Lipinski definition) is 2. The van der Waals surface area contributed by atoms with Crippen molar-refractivity contribution >= 4 is 40.5 Å². The van der Waals surface area contributed by atoms with E-state index in [9.17, 15) is 0 Å². The van der Waals surface area contributed by atoms with Crippen LogP contribution in [0.3, 0.4) is 0 Å². The molecule has 0 fully saturated rings. The zero-order chi connectivity index (χ0) is 21.0. The van der Waals surface area contributed by atoms with Crippen LogP contribution in [0.1, 0.15) is 16.7 Å². The van der Waals surface area contributed by atoms with Gasteiger partial charge in [-0.05, 0) is 42.5 Å². The highest BCUT2D eigenvalue weighted by Gasteiger charge is 2.17. The fraction of sp³-hybridized carbons (Fsp3) is 0.238. The van der Waals surface area contributed by atoms with E-state index in [1.165, 1.54) is 0 Å². The van der Waals surface area contributed by atoms with Crippen LogP contribution < -0.4 is 20.5 Å². The summed E-state index contributed by atoms with van der Waals surface area (Å²) in [6.45, 7) is 1.98. The van der Waals surface area contributed by atoms with E-state index < -0.39 is 0 Å². The minimum atomic E-state index is 0.479. The van der Waals surface area contributed by atoms with E-state index in [0.29, 0.717) is 46.0 Å². The fourth-order valence-corrected chi connectivity index (χ4v) is 3.64. The SMILES string of the molecule is COc1cc(OC)c(Cl)c(CCc2cnc(Nc3c(C)cccc3N)nc2)c1Cl. The molecule has 3 rings (SSSR count). The van der Waals surface area contributed by atoms with Gasteiger partial charge in [0.1, 0.15) is 11.5 Å². The summed E-state index contributed by atoms with van der Waals surface area (Å²) in [5, 5.41) is 4.13. The highest BCUT2D eigenvalue weighted by atomic mass is 35.5. The highest BCUT2D eigenvalue weighted by molar-refractivity contribution is 6.37. The minimum absolute atomic E-state index is 0.479. The third kappa shape index (κ3) is 4.66. The monoisotopic (exact) mass is 432 g/mol.